The van der Waals surface area contributed by atoms with Crippen LogP contribution in [0.1, 0.15) is 9.75 Å². The van der Waals surface area contributed by atoms with Crippen LogP contribution in [0.4, 0.5) is 0 Å². The number of ketones is 1. The molecule has 1 aliphatic heterocycles. The highest BCUT2D eigenvalue weighted by Crippen LogP contribution is 2.38. The van der Waals surface area contributed by atoms with E-state index in [4.69, 9.17) is 0 Å². The number of carbonyl (C=O) groups is 1. The van der Waals surface area contributed by atoms with Crippen molar-refractivity contribution in [1.82, 2.24) is 0 Å². The third-order valence-corrected chi connectivity index (χ3v) is 6.55. The topological polar surface area (TPSA) is 51.2 Å². The van der Waals surface area contributed by atoms with E-state index < -0.39 is 9.84 Å². The predicted molar refractivity (Wildman–Crippen MR) is 78.5 cm³/mol. The van der Waals surface area contributed by atoms with Crippen molar-refractivity contribution in [3.63, 3.8) is 0 Å². The van der Waals surface area contributed by atoms with Crippen molar-refractivity contribution in [3.8, 4) is 0 Å². The Morgan fingerprint density at radius 3 is 1.68 bits per heavy atom. The Bertz CT molecular complexity index is 716. The van der Waals surface area contributed by atoms with Crippen molar-refractivity contribution >= 4 is 48.1 Å². The Morgan fingerprint density at radius 2 is 1.32 bits per heavy atom. The van der Waals surface area contributed by atoms with Gasteiger partial charge in [0.1, 0.15) is 0 Å². The molecular weight excluding hydrogens is 300 g/mol. The first-order valence-electron chi connectivity index (χ1n) is 5.39. The summed E-state index contributed by atoms with van der Waals surface area (Å²) in [5.41, 5.74) is 0. The molecule has 96 valence electrons. The Hall–Kier alpha value is -1.50. The minimum atomic E-state index is -3.62. The van der Waals surface area contributed by atoms with Crippen LogP contribution < -0.4 is 0 Å². The number of rotatable bonds is 2. The lowest BCUT2D eigenvalue weighted by molar-refractivity contribution is -0.110. The summed E-state index contributed by atoms with van der Waals surface area (Å²) in [6, 6.07) is 6.95. The molecular formula is C13H8O3S3. The van der Waals surface area contributed by atoms with Crippen molar-refractivity contribution < 1.29 is 13.2 Å². The van der Waals surface area contributed by atoms with Gasteiger partial charge in [0.05, 0.1) is 9.81 Å². The van der Waals surface area contributed by atoms with Crippen molar-refractivity contribution in [2.75, 3.05) is 0 Å². The standard InChI is InChI=1S/C13H8O3S3/c14-9-7-12(10-3-1-5-17-10)19(15,16)13(8-9)11-4-2-6-18-11/h1-8H. The second-order valence-electron chi connectivity index (χ2n) is 3.88. The molecule has 3 heterocycles. The molecule has 3 rings (SSSR count). The monoisotopic (exact) mass is 308 g/mol. The molecule has 0 N–H and O–H groups in total. The second-order valence-corrected chi connectivity index (χ2v) is 7.66. The van der Waals surface area contributed by atoms with E-state index in [1.165, 1.54) is 34.8 Å². The lowest BCUT2D eigenvalue weighted by Crippen LogP contribution is -2.12. The number of hydrogen-bond donors (Lipinski definition) is 0. The van der Waals surface area contributed by atoms with E-state index >= 15 is 0 Å². The summed E-state index contributed by atoms with van der Waals surface area (Å²) in [7, 11) is -3.62. The van der Waals surface area contributed by atoms with Gasteiger partial charge < -0.3 is 0 Å². The predicted octanol–water partition coefficient (Wildman–Crippen LogP) is 3.19. The molecule has 3 nitrogen and oxygen atoms in total. The number of hydrogen-bond acceptors (Lipinski definition) is 5. The number of allylic oxidation sites excluding steroid dienone is 2. The quantitative estimate of drug-likeness (QED) is 0.856. The van der Waals surface area contributed by atoms with Gasteiger partial charge in [0, 0.05) is 21.9 Å². The molecule has 0 fully saturated rings. The fraction of sp³-hybridized carbons (Fsp3) is 0. The highest BCUT2D eigenvalue weighted by atomic mass is 32.2. The fourth-order valence-corrected chi connectivity index (χ4v) is 5.48. The summed E-state index contributed by atoms with van der Waals surface area (Å²) in [6.45, 7) is 0. The van der Waals surface area contributed by atoms with Gasteiger partial charge in [-0.05, 0) is 22.9 Å². The number of carbonyl (C=O) groups excluding carboxylic acids is 1. The molecule has 0 saturated carbocycles. The van der Waals surface area contributed by atoms with Crippen LogP contribution in [-0.2, 0) is 14.6 Å². The molecule has 0 aliphatic carbocycles. The van der Waals surface area contributed by atoms with Crippen LogP contribution in [0.5, 0.6) is 0 Å². The van der Waals surface area contributed by atoms with Gasteiger partial charge in [-0.2, -0.15) is 0 Å². The van der Waals surface area contributed by atoms with Gasteiger partial charge in [-0.15, -0.1) is 22.7 Å². The third-order valence-electron chi connectivity index (χ3n) is 2.65. The van der Waals surface area contributed by atoms with E-state index in [1.807, 2.05) is 0 Å². The molecule has 0 atom stereocenters. The lowest BCUT2D eigenvalue weighted by Gasteiger charge is -2.13. The average molecular weight is 308 g/mol. The molecule has 0 unspecified atom stereocenters. The van der Waals surface area contributed by atoms with Crippen molar-refractivity contribution in [3.05, 3.63) is 56.9 Å². The van der Waals surface area contributed by atoms with E-state index in [0.29, 0.717) is 9.75 Å². The van der Waals surface area contributed by atoms with E-state index in [0.717, 1.165) is 0 Å². The zero-order valence-corrected chi connectivity index (χ0v) is 12.0. The van der Waals surface area contributed by atoms with Crippen LogP contribution in [0.3, 0.4) is 0 Å². The van der Waals surface area contributed by atoms with Crippen LogP contribution in [0.25, 0.3) is 9.81 Å². The maximum Gasteiger partial charge on any atom is 0.209 e. The maximum absolute atomic E-state index is 12.6. The third kappa shape index (κ3) is 2.11. The molecule has 0 bridgehead atoms. The van der Waals surface area contributed by atoms with Gasteiger partial charge in [-0.1, -0.05) is 12.1 Å². The Labute approximate surface area is 118 Å². The highest BCUT2D eigenvalue weighted by Gasteiger charge is 2.31. The van der Waals surface area contributed by atoms with E-state index in [-0.39, 0.29) is 15.6 Å². The number of sulfone groups is 1. The highest BCUT2D eigenvalue weighted by molar-refractivity contribution is 8.09. The van der Waals surface area contributed by atoms with Crippen molar-refractivity contribution in [2.24, 2.45) is 0 Å². The van der Waals surface area contributed by atoms with E-state index in [1.54, 1.807) is 35.0 Å². The van der Waals surface area contributed by atoms with Crippen LogP contribution in [0.15, 0.2) is 47.2 Å². The van der Waals surface area contributed by atoms with Crippen LogP contribution >= 0.6 is 22.7 Å². The largest absolute Gasteiger partial charge is 0.290 e. The van der Waals surface area contributed by atoms with Crippen LogP contribution in [0.2, 0.25) is 0 Å². The fourth-order valence-electron chi connectivity index (χ4n) is 1.82. The van der Waals surface area contributed by atoms with Crippen molar-refractivity contribution in [1.29, 1.82) is 0 Å². The van der Waals surface area contributed by atoms with Gasteiger partial charge in [0.25, 0.3) is 0 Å². The van der Waals surface area contributed by atoms with Gasteiger partial charge in [-0.3, -0.25) is 4.79 Å². The smallest absolute Gasteiger partial charge is 0.209 e. The van der Waals surface area contributed by atoms with Crippen molar-refractivity contribution in [2.45, 2.75) is 0 Å². The Balaban J connectivity index is 2.18. The van der Waals surface area contributed by atoms with Crippen LogP contribution in [-0.4, -0.2) is 14.2 Å². The van der Waals surface area contributed by atoms with Gasteiger partial charge >= 0.3 is 0 Å². The van der Waals surface area contributed by atoms with Gasteiger partial charge in [0.15, 0.2) is 5.78 Å². The second kappa shape index (κ2) is 4.56. The maximum atomic E-state index is 12.6. The zero-order valence-electron chi connectivity index (χ0n) is 9.57. The van der Waals surface area contributed by atoms with Gasteiger partial charge in [-0.25, -0.2) is 8.42 Å². The Morgan fingerprint density at radius 1 is 0.842 bits per heavy atom. The molecule has 0 aromatic carbocycles. The molecule has 2 aromatic heterocycles. The summed E-state index contributed by atoms with van der Waals surface area (Å²) in [4.78, 5) is 13.1. The number of thiophene rings is 2. The summed E-state index contributed by atoms with van der Waals surface area (Å²) in [5.74, 6) is -0.290. The first-order chi connectivity index (χ1) is 9.09. The zero-order chi connectivity index (χ0) is 13.5. The van der Waals surface area contributed by atoms with E-state index in [9.17, 15) is 13.2 Å². The summed E-state index contributed by atoms with van der Waals surface area (Å²) in [6.07, 6.45) is 2.39. The molecule has 6 heteroatoms. The molecule has 0 radical (unpaired) electrons. The SMILES string of the molecule is O=C1C=C(c2cccs2)S(=O)(=O)C(c2cccs2)=C1. The first-order valence-corrected chi connectivity index (χ1v) is 8.63. The minimum absolute atomic E-state index is 0.0957. The lowest BCUT2D eigenvalue weighted by atomic mass is 10.2. The first kappa shape index (κ1) is 12.5. The van der Waals surface area contributed by atoms with E-state index in [2.05, 4.69) is 0 Å². The summed E-state index contributed by atoms with van der Waals surface area (Å²) >= 11 is 2.62. The molecule has 0 saturated heterocycles. The normalized spacial score (nSPS) is 18.0. The minimum Gasteiger partial charge on any atom is -0.290 e. The summed E-state index contributed by atoms with van der Waals surface area (Å²) < 4.78 is 25.2. The van der Waals surface area contributed by atoms with Gasteiger partial charge in [0.2, 0.25) is 9.84 Å². The van der Waals surface area contributed by atoms with Crippen LogP contribution in [0, 0.1) is 0 Å². The average Bonchev–Trinajstić information content (AvgIpc) is 3.03. The molecule has 0 spiro atoms. The molecule has 1 aliphatic rings. The molecule has 19 heavy (non-hydrogen) atoms. The Kier molecular flexibility index (Phi) is 3.00. The summed E-state index contributed by atoms with van der Waals surface area (Å²) in [5, 5.41) is 3.58. The molecule has 2 aromatic rings. The molecule has 0 amide bonds.